The van der Waals surface area contributed by atoms with Crippen LogP contribution < -0.4 is 5.73 Å². The summed E-state index contributed by atoms with van der Waals surface area (Å²) in [7, 11) is 0. The van der Waals surface area contributed by atoms with Crippen molar-refractivity contribution in [1.29, 1.82) is 0 Å². The molecule has 3 heteroatoms. The van der Waals surface area contributed by atoms with Gasteiger partial charge in [0.2, 0.25) is 0 Å². The molecule has 1 fully saturated rings. The highest BCUT2D eigenvalue weighted by Gasteiger charge is 2.17. The smallest absolute Gasteiger partial charge is 0.0471 e. The molecule has 1 aliphatic heterocycles. The van der Waals surface area contributed by atoms with Crippen LogP contribution in [0.25, 0.3) is 0 Å². The Morgan fingerprint density at radius 1 is 1.32 bits per heavy atom. The molecule has 2 nitrogen and oxygen atoms in total. The lowest BCUT2D eigenvalue weighted by molar-refractivity contribution is 0.272. The van der Waals surface area contributed by atoms with Crippen LogP contribution in [0.3, 0.4) is 0 Å². The summed E-state index contributed by atoms with van der Waals surface area (Å²) in [4.78, 5) is 2.51. The summed E-state index contributed by atoms with van der Waals surface area (Å²) in [5, 5.41) is 0.800. The van der Waals surface area contributed by atoms with Crippen molar-refractivity contribution in [2.45, 2.75) is 45.6 Å². The normalized spacial score (nSPS) is 21.3. The van der Waals surface area contributed by atoms with Crippen LogP contribution in [0.4, 0.5) is 5.69 Å². The summed E-state index contributed by atoms with van der Waals surface area (Å²) < 4.78 is 0. The Bertz CT molecular complexity index is 385. The minimum absolute atomic E-state index is 0.800. The van der Waals surface area contributed by atoms with Gasteiger partial charge >= 0.3 is 0 Å². The molecule has 0 radical (unpaired) electrons. The van der Waals surface area contributed by atoms with Gasteiger partial charge in [0, 0.05) is 22.8 Å². The number of hydrogen-bond acceptors (Lipinski definition) is 2. The van der Waals surface area contributed by atoms with E-state index in [4.69, 9.17) is 17.3 Å². The topological polar surface area (TPSA) is 29.3 Å². The van der Waals surface area contributed by atoms with E-state index in [2.05, 4.69) is 11.8 Å². The van der Waals surface area contributed by atoms with Gasteiger partial charge in [0.1, 0.15) is 0 Å². The molecule has 1 unspecified atom stereocenters. The molecule has 1 atom stereocenters. The fourth-order valence-electron chi connectivity index (χ4n) is 3.05. The van der Waals surface area contributed by atoms with Gasteiger partial charge in [-0.25, -0.2) is 0 Å². The van der Waals surface area contributed by atoms with E-state index in [1.165, 1.54) is 45.2 Å². The van der Waals surface area contributed by atoms with E-state index in [9.17, 15) is 0 Å². The second-order valence-electron chi connectivity index (χ2n) is 5.67. The molecule has 0 saturated carbocycles. The summed E-state index contributed by atoms with van der Waals surface area (Å²) >= 11 is 6.26. The molecule has 0 aliphatic carbocycles. The van der Waals surface area contributed by atoms with Crippen LogP contribution in [-0.2, 0) is 6.54 Å². The van der Waals surface area contributed by atoms with Crippen LogP contribution in [-0.4, -0.2) is 18.0 Å². The summed E-state index contributed by atoms with van der Waals surface area (Å²) in [5.74, 6) is 0.915. The molecule has 0 bridgehead atoms. The van der Waals surface area contributed by atoms with Crippen molar-refractivity contribution in [3.8, 4) is 0 Å². The van der Waals surface area contributed by atoms with E-state index in [0.29, 0.717) is 0 Å². The summed E-state index contributed by atoms with van der Waals surface area (Å²) in [6, 6.07) is 5.80. The van der Waals surface area contributed by atoms with Crippen LogP contribution in [0.15, 0.2) is 18.2 Å². The van der Waals surface area contributed by atoms with Gasteiger partial charge in [0.15, 0.2) is 0 Å². The molecule has 2 rings (SSSR count). The highest BCUT2D eigenvalue weighted by molar-refractivity contribution is 6.31. The molecule has 1 aliphatic rings. The highest BCUT2D eigenvalue weighted by Crippen LogP contribution is 2.27. The Morgan fingerprint density at radius 2 is 2.16 bits per heavy atom. The first-order chi connectivity index (χ1) is 9.20. The number of nitrogens with zero attached hydrogens (tertiary/aromatic N) is 1. The summed E-state index contributed by atoms with van der Waals surface area (Å²) in [6.45, 7) is 5.53. The van der Waals surface area contributed by atoms with Gasteiger partial charge in [-0.15, -0.1) is 0 Å². The van der Waals surface area contributed by atoms with Gasteiger partial charge in [-0.1, -0.05) is 37.4 Å². The molecule has 19 heavy (non-hydrogen) atoms. The average molecular weight is 281 g/mol. The predicted octanol–water partition coefficient (Wildman–Crippen LogP) is 4.32. The third-order valence-corrected chi connectivity index (χ3v) is 4.53. The van der Waals surface area contributed by atoms with Crippen molar-refractivity contribution in [2.24, 2.45) is 5.92 Å². The number of anilines is 1. The molecular weight excluding hydrogens is 256 g/mol. The summed E-state index contributed by atoms with van der Waals surface area (Å²) in [5.41, 5.74) is 7.96. The van der Waals surface area contributed by atoms with E-state index in [1.54, 1.807) is 0 Å². The van der Waals surface area contributed by atoms with Crippen LogP contribution in [0.5, 0.6) is 0 Å². The van der Waals surface area contributed by atoms with Crippen molar-refractivity contribution in [3.63, 3.8) is 0 Å². The van der Waals surface area contributed by atoms with Crippen molar-refractivity contribution in [3.05, 3.63) is 28.8 Å². The van der Waals surface area contributed by atoms with Gasteiger partial charge in [0.25, 0.3) is 0 Å². The third-order valence-electron chi connectivity index (χ3n) is 4.17. The minimum Gasteiger partial charge on any atom is -0.398 e. The first kappa shape index (κ1) is 14.7. The van der Waals surface area contributed by atoms with E-state index < -0.39 is 0 Å². The molecule has 2 N–H and O–H groups in total. The van der Waals surface area contributed by atoms with Gasteiger partial charge in [-0.2, -0.15) is 0 Å². The Hall–Kier alpha value is -0.730. The highest BCUT2D eigenvalue weighted by atomic mass is 35.5. The molecule has 1 aromatic carbocycles. The first-order valence-electron chi connectivity index (χ1n) is 7.46. The quantitative estimate of drug-likeness (QED) is 0.832. The van der Waals surface area contributed by atoms with E-state index in [0.717, 1.165) is 28.7 Å². The monoisotopic (exact) mass is 280 g/mol. The molecule has 1 heterocycles. The molecule has 1 saturated heterocycles. The number of nitrogens with two attached hydrogens (primary N) is 1. The number of rotatable bonds is 4. The van der Waals surface area contributed by atoms with Crippen molar-refractivity contribution < 1.29 is 0 Å². The Balaban J connectivity index is 1.96. The van der Waals surface area contributed by atoms with Crippen LogP contribution in [0.1, 0.15) is 44.6 Å². The van der Waals surface area contributed by atoms with Crippen LogP contribution in [0.2, 0.25) is 5.02 Å². The lowest BCUT2D eigenvalue weighted by Gasteiger charge is -2.21. The number of likely N-dealkylation sites (tertiary alicyclic amines) is 1. The maximum absolute atomic E-state index is 6.26. The molecule has 106 valence electrons. The van der Waals surface area contributed by atoms with Gasteiger partial charge in [-0.05, 0) is 50.4 Å². The van der Waals surface area contributed by atoms with E-state index >= 15 is 0 Å². The largest absolute Gasteiger partial charge is 0.398 e. The Morgan fingerprint density at radius 3 is 2.89 bits per heavy atom. The van der Waals surface area contributed by atoms with Crippen molar-refractivity contribution >= 4 is 17.3 Å². The second-order valence-corrected chi connectivity index (χ2v) is 6.08. The van der Waals surface area contributed by atoms with Gasteiger partial charge in [-0.3, -0.25) is 4.90 Å². The maximum atomic E-state index is 6.26. The SMILES string of the molecule is CCCC1CCCN(Cc2c(N)cccc2Cl)CC1. The van der Waals surface area contributed by atoms with Gasteiger partial charge < -0.3 is 5.73 Å². The van der Waals surface area contributed by atoms with E-state index in [1.807, 2.05) is 18.2 Å². The number of hydrogen-bond donors (Lipinski definition) is 1. The fraction of sp³-hybridized carbons (Fsp3) is 0.625. The number of halogens is 1. The zero-order valence-corrected chi connectivity index (χ0v) is 12.6. The first-order valence-corrected chi connectivity index (χ1v) is 7.83. The Kier molecular flexibility index (Phi) is 5.53. The average Bonchev–Trinajstić information content (AvgIpc) is 2.60. The summed E-state index contributed by atoms with van der Waals surface area (Å²) in [6.07, 6.45) is 6.68. The predicted molar refractivity (Wildman–Crippen MR) is 83.4 cm³/mol. The third kappa shape index (κ3) is 4.12. The molecule has 0 spiro atoms. The Labute approximate surface area is 121 Å². The van der Waals surface area contributed by atoms with Crippen molar-refractivity contribution in [1.82, 2.24) is 4.90 Å². The lowest BCUT2D eigenvalue weighted by atomic mass is 9.96. The molecule has 1 aromatic rings. The van der Waals surface area contributed by atoms with Crippen LogP contribution >= 0.6 is 11.6 Å². The standard InChI is InChI=1S/C16H25ClN2/c1-2-5-13-6-4-10-19(11-9-13)12-14-15(17)7-3-8-16(14)18/h3,7-8,13H,2,4-6,9-12,18H2,1H3. The van der Waals surface area contributed by atoms with Gasteiger partial charge in [0.05, 0.1) is 0 Å². The molecular formula is C16H25ClN2. The second kappa shape index (κ2) is 7.16. The number of nitrogen functional groups attached to an aromatic ring is 1. The van der Waals surface area contributed by atoms with Crippen LogP contribution in [0, 0.1) is 5.92 Å². The lowest BCUT2D eigenvalue weighted by Crippen LogP contribution is -2.25. The zero-order chi connectivity index (χ0) is 13.7. The molecule has 0 aromatic heterocycles. The molecule has 0 amide bonds. The van der Waals surface area contributed by atoms with Crippen molar-refractivity contribution in [2.75, 3.05) is 18.8 Å². The zero-order valence-electron chi connectivity index (χ0n) is 11.9. The minimum atomic E-state index is 0.800. The maximum Gasteiger partial charge on any atom is 0.0471 e. The number of benzene rings is 1. The van der Waals surface area contributed by atoms with E-state index in [-0.39, 0.29) is 0 Å². The fourth-order valence-corrected chi connectivity index (χ4v) is 3.29.